The Labute approximate surface area is 66.2 Å². The van der Waals surface area contributed by atoms with Gasteiger partial charge in [0.25, 0.3) is 0 Å². The molecule has 1 N–H and O–H groups in total. The van der Waals surface area contributed by atoms with Crippen molar-refractivity contribution >= 4 is 32.1 Å². The van der Waals surface area contributed by atoms with E-state index in [4.69, 9.17) is 5.11 Å². The molecular weight excluding hydrogens is 263 g/mol. The fraction of sp³-hybridized carbons (Fsp3) is 0.500. The maximum Gasteiger partial charge on any atom is 0.337 e. The Bertz CT molecular complexity index is 194. The number of hydrogen-bond donors (Lipinski definition) is 1. The molecule has 1 atom stereocenters. The topological polar surface area (TPSA) is 37.3 Å². The van der Waals surface area contributed by atoms with Gasteiger partial charge in [0.15, 0.2) is 0 Å². The Kier molecular flexibility index (Phi) is 1.81. The van der Waals surface area contributed by atoms with Gasteiger partial charge in [-0.15, -0.1) is 0 Å². The van der Waals surface area contributed by atoms with Gasteiger partial charge in [-0.05, 0) is 0 Å². The zero-order valence-electron chi connectivity index (χ0n) is 4.61. The number of hydrogen-bond acceptors (Lipinski definition) is 1. The molecule has 9 heteroatoms. The molecule has 0 heterocycles. The predicted octanol–water partition coefficient (Wildman–Crippen LogP) is 3.09. The third-order valence-electron chi connectivity index (χ3n) is 0.585. The quantitative estimate of drug-likeness (QED) is 0.615. The Hall–Kier alpha value is -0.0500. The van der Waals surface area contributed by atoms with Crippen molar-refractivity contribution in [2.45, 2.75) is 4.16 Å². The summed E-state index contributed by atoms with van der Waals surface area (Å²) in [5.41, 5.74) is 0. The summed E-state index contributed by atoms with van der Waals surface area (Å²) in [6.45, 7) is 0. The molecule has 0 aromatic heterocycles. The van der Waals surface area contributed by atoms with Gasteiger partial charge < -0.3 is 5.11 Å². The minimum atomic E-state index is -9.90. The Morgan fingerprint density at radius 2 is 1.55 bits per heavy atom. The highest BCUT2D eigenvalue weighted by molar-refractivity contribution is 9.13. The smallest absolute Gasteiger partial charge is 0.337 e. The fourth-order valence-corrected chi connectivity index (χ4v) is 0.572. The third kappa shape index (κ3) is 3.23. The molecule has 0 rings (SSSR count). The van der Waals surface area contributed by atoms with Crippen LogP contribution < -0.4 is 0 Å². The van der Waals surface area contributed by atoms with Crippen molar-refractivity contribution in [2.24, 2.45) is 0 Å². The van der Waals surface area contributed by atoms with Gasteiger partial charge in [-0.3, -0.25) is 0 Å². The van der Waals surface area contributed by atoms with Crippen LogP contribution in [-0.4, -0.2) is 15.2 Å². The zero-order chi connectivity index (χ0) is 9.56. The SMILES string of the molecule is O=C(O)C(Br)S(F)(F)(F)(F)F. The summed E-state index contributed by atoms with van der Waals surface area (Å²) in [5.74, 6) is -2.65. The van der Waals surface area contributed by atoms with Gasteiger partial charge in [-0.25, -0.2) is 4.79 Å². The first kappa shape index (κ1) is 11.0. The van der Waals surface area contributed by atoms with Gasteiger partial charge in [-0.1, -0.05) is 35.4 Å². The van der Waals surface area contributed by atoms with Gasteiger partial charge in [0.1, 0.15) is 0 Å². The van der Waals surface area contributed by atoms with Gasteiger partial charge in [0.2, 0.25) is 4.16 Å². The molecule has 0 radical (unpaired) electrons. The molecule has 0 aliphatic carbocycles. The van der Waals surface area contributed by atoms with E-state index in [0.29, 0.717) is 0 Å². The third-order valence-corrected chi connectivity index (χ3v) is 4.08. The van der Waals surface area contributed by atoms with Crippen LogP contribution in [0.2, 0.25) is 0 Å². The lowest BCUT2D eigenvalue weighted by atomic mass is 10.8. The van der Waals surface area contributed by atoms with E-state index in [2.05, 4.69) is 0 Å². The van der Waals surface area contributed by atoms with E-state index in [-0.39, 0.29) is 0 Å². The number of aliphatic carboxylic acids is 1. The van der Waals surface area contributed by atoms with Crippen molar-refractivity contribution in [3.63, 3.8) is 0 Å². The summed E-state index contributed by atoms with van der Waals surface area (Å²) in [4.78, 5) is 9.54. The van der Waals surface area contributed by atoms with Crippen molar-refractivity contribution in [2.75, 3.05) is 0 Å². The number of carbonyl (C=O) groups is 1. The lowest BCUT2D eigenvalue weighted by Crippen LogP contribution is -2.27. The van der Waals surface area contributed by atoms with Crippen LogP contribution in [0.3, 0.4) is 0 Å². The number of carboxylic acid groups (broad SMARTS) is 1. The van der Waals surface area contributed by atoms with Crippen LogP contribution in [-0.2, 0) is 4.79 Å². The monoisotopic (exact) mass is 264 g/mol. The molecule has 2 nitrogen and oxygen atoms in total. The predicted molar refractivity (Wildman–Crippen MR) is 33.5 cm³/mol. The summed E-state index contributed by atoms with van der Waals surface area (Å²) in [6, 6.07) is 0. The first-order valence-corrected chi connectivity index (χ1v) is 4.87. The van der Waals surface area contributed by atoms with Crippen LogP contribution in [0, 0.1) is 0 Å². The van der Waals surface area contributed by atoms with E-state index in [9.17, 15) is 24.2 Å². The average Bonchev–Trinajstić information content (AvgIpc) is 1.57. The Morgan fingerprint density at radius 3 is 1.55 bits per heavy atom. The van der Waals surface area contributed by atoms with Crippen LogP contribution in [0.1, 0.15) is 0 Å². The Morgan fingerprint density at radius 1 is 1.27 bits per heavy atom. The van der Waals surface area contributed by atoms with E-state index < -0.39 is 20.4 Å². The summed E-state index contributed by atoms with van der Waals surface area (Å²) < 4.78 is 53.4. The highest BCUT2D eigenvalue weighted by Gasteiger charge is 2.72. The fourth-order valence-electron chi connectivity index (χ4n) is 0.191. The summed E-state index contributed by atoms with van der Waals surface area (Å²) >= 11 is 1.35. The molecule has 0 fully saturated rings. The molecule has 0 saturated heterocycles. The number of rotatable bonds is 2. The number of carboxylic acids is 1. The van der Waals surface area contributed by atoms with Crippen LogP contribution >= 0.6 is 26.2 Å². The number of halogens is 6. The molecule has 0 aliphatic rings. The standard InChI is InChI=1S/C2H2BrF5O2S/c3-1(2(9)10)11(4,5,6,7)8/h1H,(H,9,10). The molecular formula is C2H2BrF5O2S. The largest absolute Gasteiger partial charge is 0.480 e. The lowest BCUT2D eigenvalue weighted by Gasteiger charge is -2.42. The molecule has 0 aromatic carbocycles. The van der Waals surface area contributed by atoms with Crippen LogP contribution in [0.4, 0.5) is 19.4 Å². The van der Waals surface area contributed by atoms with Crippen molar-refractivity contribution in [3.05, 3.63) is 0 Å². The highest BCUT2D eigenvalue weighted by Crippen LogP contribution is 3.01. The van der Waals surface area contributed by atoms with E-state index in [0.717, 1.165) is 0 Å². The first-order chi connectivity index (χ1) is 4.34. The normalized spacial score (nSPS) is 21.6. The molecule has 70 valence electrons. The van der Waals surface area contributed by atoms with Crippen LogP contribution in [0.25, 0.3) is 0 Å². The second-order valence-electron chi connectivity index (χ2n) is 1.68. The maximum absolute atomic E-state index is 11.4. The summed E-state index contributed by atoms with van der Waals surface area (Å²) in [6.07, 6.45) is 0. The molecule has 1 unspecified atom stereocenters. The second kappa shape index (κ2) is 1.82. The van der Waals surface area contributed by atoms with E-state index in [1.54, 1.807) is 0 Å². The van der Waals surface area contributed by atoms with E-state index in [1.165, 1.54) is 15.9 Å². The first-order valence-electron chi connectivity index (χ1n) is 1.94. The zero-order valence-corrected chi connectivity index (χ0v) is 7.01. The molecule has 0 aliphatic heterocycles. The minimum absolute atomic E-state index is 1.35. The number of alkyl halides is 1. The maximum atomic E-state index is 11.4. The second-order valence-corrected chi connectivity index (χ2v) is 5.73. The molecule has 0 bridgehead atoms. The Balaban J connectivity index is 5.02. The van der Waals surface area contributed by atoms with Gasteiger partial charge in [-0.2, -0.15) is 0 Å². The summed E-state index contributed by atoms with van der Waals surface area (Å²) in [7, 11) is -9.90. The molecule has 11 heavy (non-hydrogen) atoms. The van der Waals surface area contributed by atoms with Crippen LogP contribution in [0.15, 0.2) is 0 Å². The molecule has 0 amide bonds. The van der Waals surface area contributed by atoms with E-state index in [1.807, 2.05) is 0 Å². The molecule has 0 aromatic rings. The minimum Gasteiger partial charge on any atom is -0.480 e. The van der Waals surface area contributed by atoms with Crippen molar-refractivity contribution in [1.82, 2.24) is 0 Å². The van der Waals surface area contributed by atoms with E-state index >= 15 is 0 Å². The lowest BCUT2D eigenvalue weighted by molar-refractivity contribution is -0.135. The average molecular weight is 265 g/mol. The van der Waals surface area contributed by atoms with Gasteiger partial charge in [0, 0.05) is 0 Å². The summed E-state index contributed by atoms with van der Waals surface area (Å²) in [5, 5.41) is 7.63. The van der Waals surface area contributed by atoms with Crippen LogP contribution in [0.5, 0.6) is 0 Å². The molecule has 0 saturated carbocycles. The van der Waals surface area contributed by atoms with Gasteiger partial charge >= 0.3 is 16.2 Å². The van der Waals surface area contributed by atoms with Crippen molar-refractivity contribution < 1.29 is 29.3 Å². The van der Waals surface area contributed by atoms with Crippen molar-refractivity contribution in [1.29, 1.82) is 0 Å². The van der Waals surface area contributed by atoms with Crippen molar-refractivity contribution in [3.8, 4) is 0 Å². The molecule has 0 spiro atoms. The van der Waals surface area contributed by atoms with Gasteiger partial charge in [0.05, 0.1) is 0 Å². The highest BCUT2D eigenvalue weighted by atomic mass is 79.9.